The van der Waals surface area contributed by atoms with Crippen LogP contribution >= 0.6 is 0 Å². The molecule has 1 atom stereocenters. The number of aromatic amines is 1. The quantitative estimate of drug-likeness (QED) is 0.735. The van der Waals surface area contributed by atoms with Crippen LogP contribution in [0.4, 0.5) is 0 Å². The Morgan fingerprint density at radius 2 is 1.96 bits per heavy atom. The van der Waals surface area contributed by atoms with Crippen LogP contribution in [0.3, 0.4) is 0 Å². The van der Waals surface area contributed by atoms with Gasteiger partial charge in [0.15, 0.2) is 5.82 Å². The standard InChI is InChI=1S/C20H19N5O2S/c1-13-19(15-5-3-14(11-21)4-6-15)20(26)25(24-13)18-10-9-17(12-23-18)28(27,22-2)16-7-8-16/h3-6,9-10,12,16,24H,7-8H2,1-2H3/t28-/m1/s1. The summed E-state index contributed by atoms with van der Waals surface area (Å²) >= 11 is 0. The van der Waals surface area contributed by atoms with Gasteiger partial charge in [-0.2, -0.15) is 5.26 Å². The first kappa shape index (κ1) is 18.2. The van der Waals surface area contributed by atoms with E-state index in [0.29, 0.717) is 27.5 Å². The van der Waals surface area contributed by atoms with Crippen LogP contribution in [-0.4, -0.2) is 31.3 Å². The van der Waals surface area contributed by atoms with Gasteiger partial charge in [-0.1, -0.05) is 12.1 Å². The molecule has 0 spiro atoms. The van der Waals surface area contributed by atoms with Gasteiger partial charge in [0.05, 0.1) is 31.8 Å². The first-order valence-corrected chi connectivity index (χ1v) is 10.5. The van der Waals surface area contributed by atoms with Crippen LogP contribution in [0.15, 0.2) is 56.6 Å². The lowest BCUT2D eigenvalue weighted by Gasteiger charge is -2.08. The number of aromatic nitrogens is 3. The van der Waals surface area contributed by atoms with Gasteiger partial charge < -0.3 is 0 Å². The number of hydrogen-bond donors (Lipinski definition) is 1. The molecule has 1 N–H and O–H groups in total. The van der Waals surface area contributed by atoms with Crippen LogP contribution in [0.5, 0.6) is 0 Å². The second-order valence-electron chi connectivity index (χ2n) is 6.74. The molecule has 1 saturated carbocycles. The third kappa shape index (κ3) is 2.94. The molecule has 2 aromatic heterocycles. The van der Waals surface area contributed by atoms with Crippen molar-refractivity contribution in [2.24, 2.45) is 4.36 Å². The van der Waals surface area contributed by atoms with Crippen molar-refractivity contribution < 1.29 is 4.21 Å². The van der Waals surface area contributed by atoms with Gasteiger partial charge >= 0.3 is 0 Å². The summed E-state index contributed by atoms with van der Waals surface area (Å²) in [7, 11) is -0.854. The molecule has 0 saturated heterocycles. The molecule has 0 amide bonds. The Morgan fingerprint density at radius 3 is 2.50 bits per heavy atom. The summed E-state index contributed by atoms with van der Waals surface area (Å²) in [5, 5.41) is 12.1. The number of nitrogens with zero attached hydrogens (tertiary/aromatic N) is 4. The first-order chi connectivity index (χ1) is 13.5. The fraction of sp³-hybridized carbons (Fsp3) is 0.250. The summed E-state index contributed by atoms with van der Waals surface area (Å²) in [6.07, 6.45) is 3.38. The van der Waals surface area contributed by atoms with E-state index in [4.69, 9.17) is 5.26 Å². The van der Waals surface area contributed by atoms with E-state index in [0.717, 1.165) is 18.4 Å². The maximum absolute atomic E-state index is 13.0. The van der Waals surface area contributed by atoms with Gasteiger partial charge in [0.1, 0.15) is 0 Å². The molecule has 3 aromatic rings. The van der Waals surface area contributed by atoms with Crippen molar-refractivity contribution in [3.05, 3.63) is 64.2 Å². The molecule has 28 heavy (non-hydrogen) atoms. The van der Waals surface area contributed by atoms with Crippen molar-refractivity contribution in [2.45, 2.75) is 29.9 Å². The summed E-state index contributed by atoms with van der Waals surface area (Å²) in [5.41, 5.74) is 2.27. The normalized spacial score (nSPS) is 15.6. The molecule has 8 heteroatoms. The van der Waals surface area contributed by atoms with Crippen LogP contribution in [0.2, 0.25) is 0 Å². The van der Waals surface area contributed by atoms with E-state index >= 15 is 0 Å². The molecule has 1 aliphatic carbocycles. The highest BCUT2D eigenvalue weighted by Gasteiger charge is 2.34. The van der Waals surface area contributed by atoms with Crippen LogP contribution in [0.1, 0.15) is 24.1 Å². The van der Waals surface area contributed by atoms with E-state index in [-0.39, 0.29) is 10.8 Å². The van der Waals surface area contributed by atoms with Crippen LogP contribution < -0.4 is 5.56 Å². The lowest BCUT2D eigenvalue weighted by Crippen LogP contribution is -2.17. The summed E-state index contributed by atoms with van der Waals surface area (Å²) in [6, 6.07) is 12.4. The molecule has 7 nitrogen and oxygen atoms in total. The number of aryl methyl sites for hydroxylation is 1. The Morgan fingerprint density at radius 1 is 1.25 bits per heavy atom. The molecule has 1 aromatic carbocycles. The van der Waals surface area contributed by atoms with Crippen molar-refractivity contribution in [1.29, 1.82) is 5.26 Å². The van der Waals surface area contributed by atoms with Crippen molar-refractivity contribution in [3.63, 3.8) is 0 Å². The highest BCUT2D eigenvalue weighted by atomic mass is 32.2. The van der Waals surface area contributed by atoms with E-state index in [2.05, 4.69) is 20.5 Å². The Kier molecular flexibility index (Phi) is 4.40. The molecule has 0 radical (unpaired) electrons. The Hall–Kier alpha value is -3.18. The van der Waals surface area contributed by atoms with Crippen molar-refractivity contribution in [1.82, 2.24) is 14.8 Å². The van der Waals surface area contributed by atoms with Gasteiger partial charge in [0, 0.05) is 24.2 Å². The number of nitrogens with one attached hydrogen (secondary N) is 1. The molecule has 0 aliphatic heterocycles. The largest absolute Gasteiger partial charge is 0.293 e. The van der Waals surface area contributed by atoms with E-state index in [1.54, 1.807) is 49.6 Å². The molecule has 0 bridgehead atoms. The number of rotatable bonds is 4. The first-order valence-electron chi connectivity index (χ1n) is 8.90. The lowest BCUT2D eigenvalue weighted by atomic mass is 10.1. The van der Waals surface area contributed by atoms with Gasteiger partial charge in [-0.25, -0.2) is 18.2 Å². The van der Waals surface area contributed by atoms with Crippen molar-refractivity contribution in [3.8, 4) is 23.0 Å². The molecular weight excluding hydrogens is 374 g/mol. The third-order valence-electron chi connectivity index (χ3n) is 4.91. The molecular formula is C20H19N5O2S. The van der Waals surface area contributed by atoms with E-state index < -0.39 is 9.73 Å². The highest BCUT2D eigenvalue weighted by molar-refractivity contribution is 7.94. The van der Waals surface area contributed by atoms with Crippen LogP contribution in [0, 0.1) is 18.3 Å². The topological polar surface area (TPSA) is 104 Å². The minimum atomic E-state index is -2.43. The summed E-state index contributed by atoms with van der Waals surface area (Å²) in [4.78, 5) is 17.9. The van der Waals surface area contributed by atoms with Gasteiger partial charge in [-0.15, -0.1) is 0 Å². The molecule has 1 aliphatic rings. The monoisotopic (exact) mass is 393 g/mol. The van der Waals surface area contributed by atoms with Gasteiger partial charge in [0.2, 0.25) is 0 Å². The highest BCUT2D eigenvalue weighted by Crippen LogP contribution is 2.35. The van der Waals surface area contributed by atoms with Crippen molar-refractivity contribution >= 4 is 9.73 Å². The predicted molar refractivity (Wildman–Crippen MR) is 107 cm³/mol. The molecule has 4 rings (SSSR count). The number of pyridine rings is 1. The van der Waals surface area contributed by atoms with Gasteiger partial charge in [-0.05, 0) is 49.6 Å². The second kappa shape index (κ2) is 6.77. The maximum atomic E-state index is 13.0. The average molecular weight is 393 g/mol. The number of hydrogen-bond acceptors (Lipinski definition) is 5. The Bertz CT molecular complexity index is 1250. The third-order valence-corrected chi connectivity index (χ3v) is 7.74. The zero-order valence-corrected chi connectivity index (χ0v) is 16.4. The van der Waals surface area contributed by atoms with E-state index in [1.807, 2.05) is 6.92 Å². The minimum Gasteiger partial charge on any atom is -0.293 e. The zero-order valence-electron chi connectivity index (χ0n) is 15.5. The van der Waals surface area contributed by atoms with Crippen LogP contribution in [0.25, 0.3) is 16.9 Å². The lowest BCUT2D eigenvalue weighted by molar-refractivity contribution is 0.674. The second-order valence-corrected chi connectivity index (χ2v) is 9.38. The summed E-state index contributed by atoms with van der Waals surface area (Å²) < 4.78 is 18.5. The fourth-order valence-corrected chi connectivity index (χ4v) is 5.41. The molecule has 1 fully saturated rings. The minimum absolute atomic E-state index is 0.101. The molecule has 2 heterocycles. The SMILES string of the molecule is CN=[S@](=O)(c1ccc(-n2[nH]c(C)c(-c3ccc(C#N)cc3)c2=O)nc1)C1CC1. The van der Waals surface area contributed by atoms with Crippen molar-refractivity contribution in [2.75, 3.05) is 7.05 Å². The Labute approximate surface area is 162 Å². The predicted octanol–water partition coefficient (Wildman–Crippen LogP) is 3.03. The van der Waals surface area contributed by atoms with Gasteiger partial charge in [-0.3, -0.25) is 9.89 Å². The molecule has 142 valence electrons. The fourth-order valence-electron chi connectivity index (χ4n) is 3.27. The smallest absolute Gasteiger partial charge is 0.280 e. The Balaban J connectivity index is 1.74. The number of benzene rings is 1. The van der Waals surface area contributed by atoms with E-state index in [1.165, 1.54) is 4.68 Å². The number of H-pyrrole nitrogens is 1. The zero-order chi connectivity index (χ0) is 19.9. The van der Waals surface area contributed by atoms with E-state index in [9.17, 15) is 9.00 Å². The maximum Gasteiger partial charge on any atom is 0.280 e. The van der Waals surface area contributed by atoms with Crippen LogP contribution in [-0.2, 0) is 9.73 Å². The molecule has 0 unspecified atom stereocenters. The summed E-state index contributed by atoms with van der Waals surface area (Å²) in [6.45, 7) is 1.82. The average Bonchev–Trinajstić information content (AvgIpc) is 3.54. The summed E-state index contributed by atoms with van der Waals surface area (Å²) in [5.74, 6) is 0.422. The van der Waals surface area contributed by atoms with Gasteiger partial charge in [0.25, 0.3) is 5.56 Å². The number of nitriles is 1.